The first-order valence-corrected chi connectivity index (χ1v) is 6.00. The van der Waals surface area contributed by atoms with E-state index < -0.39 is 0 Å². The first-order chi connectivity index (χ1) is 9.13. The number of rotatable bonds is 3. The van der Waals surface area contributed by atoms with Crippen LogP contribution in [0.1, 0.15) is 11.3 Å². The Balaban J connectivity index is 2.50. The van der Waals surface area contributed by atoms with E-state index >= 15 is 0 Å². The summed E-state index contributed by atoms with van der Waals surface area (Å²) in [5.41, 5.74) is 1.53. The second-order valence-corrected chi connectivity index (χ2v) is 4.55. The third kappa shape index (κ3) is 2.78. The van der Waals surface area contributed by atoms with Crippen LogP contribution in [0.2, 0.25) is 5.02 Å². The molecule has 0 fully saturated rings. The van der Waals surface area contributed by atoms with Gasteiger partial charge < -0.3 is 9.42 Å². The summed E-state index contributed by atoms with van der Waals surface area (Å²) in [7, 11) is 3.77. The molecule has 0 saturated carbocycles. The van der Waals surface area contributed by atoms with E-state index in [1.54, 1.807) is 24.4 Å². The molecule has 0 aliphatic heterocycles. The standard InChI is InChI=1S/C14H12ClN3O/c1-18(2)8-7-13-11(9-16)14(17-19-13)10-5-3-4-6-12(10)15/h3-8H,1-2H3/b8-7+. The van der Waals surface area contributed by atoms with E-state index in [0.29, 0.717) is 27.6 Å². The summed E-state index contributed by atoms with van der Waals surface area (Å²) in [4.78, 5) is 1.85. The van der Waals surface area contributed by atoms with Crippen molar-refractivity contribution in [2.75, 3.05) is 14.1 Å². The van der Waals surface area contributed by atoms with Gasteiger partial charge in [0, 0.05) is 31.9 Å². The van der Waals surface area contributed by atoms with Crippen LogP contribution in [0.5, 0.6) is 0 Å². The number of nitriles is 1. The number of hydrogen-bond acceptors (Lipinski definition) is 4. The molecular formula is C14H12ClN3O. The molecule has 0 bridgehead atoms. The Morgan fingerprint density at radius 3 is 2.74 bits per heavy atom. The lowest BCUT2D eigenvalue weighted by atomic mass is 10.1. The van der Waals surface area contributed by atoms with Crippen molar-refractivity contribution in [2.24, 2.45) is 0 Å². The average Bonchev–Trinajstić information content (AvgIpc) is 2.79. The molecule has 0 radical (unpaired) electrons. The summed E-state index contributed by atoms with van der Waals surface area (Å²) in [5.74, 6) is 0.422. The lowest BCUT2D eigenvalue weighted by molar-refractivity contribution is 0.414. The van der Waals surface area contributed by atoms with Crippen molar-refractivity contribution < 1.29 is 4.52 Å². The minimum absolute atomic E-state index is 0.381. The highest BCUT2D eigenvalue weighted by Gasteiger charge is 2.17. The third-order valence-corrected chi connectivity index (χ3v) is 2.81. The molecule has 96 valence electrons. The first-order valence-electron chi connectivity index (χ1n) is 5.62. The molecule has 0 atom stereocenters. The van der Waals surface area contributed by atoms with Crippen molar-refractivity contribution in [3.8, 4) is 17.3 Å². The third-order valence-electron chi connectivity index (χ3n) is 2.48. The van der Waals surface area contributed by atoms with Crippen molar-refractivity contribution in [1.82, 2.24) is 10.1 Å². The van der Waals surface area contributed by atoms with E-state index in [4.69, 9.17) is 16.1 Å². The zero-order chi connectivity index (χ0) is 13.8. The van der Waals surface area contributed by atoms with E-state index in [9.17, 15) is 5.26 Å². The molecule has 0 amide bonds. The van der Waals surface area contributed by atoms with Crippen LogP contribution in [-0.4, -0.2) is 24.2 Å². The van der Waals surface area contributed by atoms with Crippen molar-refractivity contribution in [1.29, 1.82) is 5.26 Å². The van der Waals surface area contributed by atoms with E-state index in [0.717, 1.165) is 0 Å². The average molecular weight is 274 g/mol. The Hall–Kier alpha value is -2.25. The van der Waals surface area contributed by atoms with Crippen LogP contribution < -0.4 is 0 Å². The Kier molecular flexibility index (Phi) is 3.88. The van der Waals surface area contributed by atoms with Gasteiger partial charge in [-0.15, -0.1) is 0 Å². The van der Waals surface area contributed by atoms with Crippen LogP contribution in [-0.2, 0) is 0 Å². The monoisotopic (exact) mass is 273 g/mol. The second kappa shape index (κ2) is 5.59. The van der Waals surface area contributed by atoms with Gasteiger partial charge in [0.2, 0.25) is 0 Å². The maximum Gasteiger partial charge on any atom is 0.179 e. The number of aromatic nitrogens is 1. The van der Waals surface area contributed by atoms with Gasteiger partial charge in [-0.2, -0.15) is 5.26 Å². The SMILES string of the molecule is CN(C)/C=C/c1onc(-c2ccccc2Cl)c1C#N. The molecule has 4 nitrogen and oxygen atoms in total. The molecule has 2 rings (SSSR count). The molecule has 19 heavy (non-hydrogen) atoms. The van der Waals surface area contributed by atoms with Crippen LogP contribution in [0.15, 0.2) is 35.0 Å². The number of hydrogen-bond donors (Lipinski definition) is 0. The van der Waals surface area contributed by atoms with Gasteiger partial charge in [0.05, 0.1) is 5.02 Å². The van der Waals surface area contributed by atoms with Gasteiger partial charge >= 0.3 is 0 Å². The van der Waals surface area contributed by atoms with Gasteiger partial charge in [0.1, 0.15) is 17.3 Å². The molecule has 5 heteroatoms. The van der Waals surface area contributed by atoms with Crippen LogP contribution in [0.4, 0.5) is 0 Å². The minimum Gasteiger partial charge on any atom is -0.383 e. The minimum atomic E-state index is 0.381. The molecule has 1 aromatic heterocycles. The summed E-state index contributed by atoms with van der Waals surface area (Å²) in [6.45, 7) is 0. The van der Waals surface area contributed by atoms with Gasteiger partial charge in [-0.25, -0.2) is 0 Å². The van der Waals surface area contributed by atoms with Crippen LogP contribution >= 0.6 is 11.6 Å². The van der Waals surface area contributed by atoms with E-state index in [2.05, 4.69) is 11.2 Å². The van der Waals surface area contributed by atoms with Gasteiger partial charge in [-0.05, 0) is 6.07 Å². The highest BCUT2D eigenvalue weighted by molar-refractivity contribution is 6.33. The summed E-state index contributed by atoms with van der Waals surface area (Å²) in [6, 6.07) is 9.33. The predicted octanol–water partition coefficient (Wildman–Crippen LogP) is 3.40. The fourth-order valence-electron chi connectivity index (χ4n) is 1.58. The van der Waals surface area contributed by atoms with Gasteiger partial charge in [0.15, 0.2) is 5.76 Å². The predicted molar refractivity (Wildman–Crippen MR) is 74.4 cm³/mol. The molecule has 0 spiro atoms. The number of nitrogens with zero attached hydrogens (tertiary/aromatic N) is 3. The molecule has 0 aliphatic carbocycles. The normalized spacial score (nSPS) is 10.6. The molecule has 0 saturated heterocycles. The van der Waals surface area contributed by atoms with E-state index in [1.807, 2.05) is 31.1 Å². The Bertz CT molecular complexity index is 653. The fourth-order valence-corrected chi connectivity index (χ4v) is 1.80. The molecular weight excluding hydrogens is 262 g/mol. The lowest BCUT2D eigenvalue weighted by Crippen LogP contribution is -1.99. The summed E-state index contributed by atoms with van der Waals surface area (Å²) in [5, 5.41) is 13.7. The molecule has 0 N–H and O–H groups in total. The Morgan fingerprint density at radius 1 is 1.37 bits per heavy atom. The molecule has 0 aliphatic rings. The first kappa shape index (κ1) is 13.2. The fraction of sp³-hybridized carbons (Fsp3) is 0.143. The van der Waals surface area contributed by atoms with Crippen molar-refractivity contribution in [2.45, 2.75) is 0 Å². The zero-order valence-electron chi connectivity index (χ0n) is 10.6. The summed E-state index contributed by atoms with van der Waals surface area (Å²) in [6.07, 6.45) is 3.49. The maximum atomic E-state index is 9.27. The maximum absolute atomic E-state index is 9.27. The van der Waals surface area contributed by atoms with E-state index in [-0.39, 0.29) is 0 Å². The topological polar surface area (TPSA) is 53.1 Å². The Morgan fingerprint density at radius 2 is 2.11 bits per heavy atom. The largest absolute Gasteiger partial charge is 0.383 e. The molecule has 1 aromatic carbocycles. The van der Waals surface area contributed by atoms with Gasteiger partial charge in [0.25, 0.3) is 0 Å². The highest BCUT2D eigenvalue weighted by atomic mass is 35.5. The quantitative estimate of drug-likeness (QED) is 0.860. The van der Waals surface area contributed by atoms with E-state index in [1.165, 1.54) is 0 Å². The summed E-state index contributed by atoms with van der Waals surface area (Å²) < 4.78 is 5.20. The van der Waals surface area contributed by atoms with Crippen LogP contribution in [0, 0.1) is 11.3 Å². The highest BCUT2D eigenvalue weighted by Crippen LogP contribution is 2.31. The zero-order valence-corrected chi connectivity index (χ0v) is 11.3. The van der Waals surface area contributed by atoms with Crippen molar-refractivity contribution in [3.63, 3.8) is 0 Å². The molecule has 1 heterocycles. The summed E-state index contributed by atoms with van der Waals surface area (Å²) >= 11 is 6.11. The second-order valence-electron chi connectivity index (χ2n) is 4.14. The molecule has 0 unspecified atom stereocenters. The van der Waals surface area contributed by atoms with Crippen molar-refractivity contribution >= 4 is 17.7 Å². The van der Waals surface area contributed by atoms with Crippen molar-refractivity contribution in [3.05, 3.63) is 46.8 Å². The van der Waals surface area contributed by atoms with Gasteiger partial charge in [-0.1, -0.05) is 35.0 Å². The lowest BCUT2D eigenvalue weighted by Gasteiger charge is -2.01. The van der Waals surface area contributed by atoms with Gasteiger partial charge in [-0.3, -0.25) is 0 Å². The van der Waals surface area contributed by atoms with Crippen LogP contribution in [0.25, 0.3) is 17.3 Å². The Labute approximate surface area is 116 Å². The number of halogens is 1. The van der Waals surface area contributed by atoms with Crippen LogP contribution in [0.3, 0.4) is 0 Å². The smallest absolute Gasteiger partial charge is 0.179 e. The molecule has 2 aromatic rings. The number of benzene rings is 1.